The summed E-state index contributed by atoms with van der Waals surface area (Å²) in [5.41, 5.74) is 2.68. The number of benzene rings is 2. The van der Waals surface area contributed by atoms with Crippen LogP contribution in [0.4, 0.5) is 9.52 Å². The highest BCUT2D eigenvalue weighted by molar-refractivity contribution is 7.98. The summed E-state index contributed by atoms with van der Waals surface area (Å²) in [4.78, 5) is 21.7. The van der Waals surface area contributed by atoms with E-state index in [0.717, 1.165) is 17.0 Å². The fourth-order valence-electron chi connectivity index (χ4n) is 2.87. The monoisotopic (exact) mass is 440 g/mol. The molecule has 2 heterocycles. The molecule has 0 atom stereocenters. The number of ether oxygens (including phenoxy) is 1. The molecule has 30 heavy (non-hydrogen) atoms. The highest BCUT2D eigenvalue weighted by Crippen LogP contribution is 2.28. The molecular weight excluding hydrogens is 423 g/mol. The van der Waals surface area contributed by atoms with Gasteiger partial charge >= 0.3 is 0 Å². The minimum absolute atomic E-state index is 0.340. The van der Waals surface area contributed by atoms with Gasteiger partial charge in [-0.15, -0.1) is 11.3 Å². The number of imidazole rings is 1. The number of nitrogens with one attached hydrogen (secondary N) is 1. The molecule has 152 valence electrons. The second-order valence-corrected chi connectivity index (χ2v) is 7.79. The quantitative estimate of drug-likeness (QED) is 0.422. The van der Waals surface area contributed by atoms with Gasteiger partial charge in [-0.3, -0.25) is 14.7 Å². The van der Waals surface area contributed by atoms with Crippen molar-refractivity contribution >= 4 is 34.1 Å². The molecule has 0 aliphatic heterocycles. The number of methoxy groups -OCH3 is 1. The fourth-order valence-corrected chi connectivity index (χ4v) is 4.12. The van der Waals surface area contributed by atoms with Crippen molar-refractivity contribution in [2.75, 3.05) is 18.7 Å². The Labute approximate surface area is 180 Å². The first kappa shape index (κ1) is 20.1. The molecule has 2 aromatic carbocycles. The van der Waals surface area contributed by atoms with Crippen LogP contribution in [-0.2, 0) is 0 Å². The van der Waals surface area contributed by atoms with Gasteiger partial charge in [0.25, 0.3) is 5.91 Å². The third kappa shape index (κ3) is 4.07. The molecule has 4 aromatic rings. The maximum atomic E-state index is 13.3. The Morgan fingerprint density at radius 1 is 1.17 bits per heavy atom. The lowest BCUT2D eigenvalue weighted by molar-refractivity contribution is 0.102. The van der Waals surface area contributed by atoms with Crippen LogP contribution >= 0.6 is 23.1 Å². The molecule has 0 aliphatic rings. The van der Waals surface area contributed by atoms with Crippen LogP contribution in [0.2, 0.25) is 0 Å². The van der Waals surface area contributed by atoms with Gasteiger partial charge in [0.05, 0.1) is 19.0 Å². The van der Waals surface area contributed by atoms with Crippen LogP contribution < -0.4 is 10.1 Å². The van der Waals surface area contributed by atoms with E-state index in [-0.39, 0.29) is 11.7 Å². The van der Waals surface area contributed by atoms with Gasteiger partial charge in [-0.05, 0) is 54.8 Å². The van der Waals surface area contributed by atoms with Gasteiger partial charge in [0, 0.05) is 16.6 Å². The number of nitrogens with zero attached hydrogens (tertiary/aromatic N) is 3. The van der Waals surface area contributed by atoms with Gasteiger partial charge in [-0.1, -0.05) is 11.8 Å². The minimum atomic E-state index is -0.345. The molecular formula is C21H17FN4O2S2. The van der Waals surface area contributed by atoms with Crippen molar-refractivity contribution in [2.45, 2.75) is 5.16 Å². The number of thioether (sulfide) groups is 1. The molecule has 0 radical (unpaired) electrons. The topological polar surface area (TPSA) is 69.0 Å². The summed E-state index contributed by atoms with van der Waals surface area (Å²) in [6.45, 7) is 0. The zero-order valence-corrected chi connectivity index (χ0v) is 17.8. The van der Waals surface area contributed by atoms with Crippen LogP contribution in [0.3, 0.4) is 0 Å². The number of rotatable bonds is 6. The van der Waals surface area contributed by atoms with E-state index in [4.69, 9.17) is 4.74 Å². The molecule has 0 saturated carbocycles. The van der Waals surface area contributed by atoms with Gasteiger partial charge in [0.2, 0.25) is 0 Å². The first-order valence-electron chi connectivity index (χ1n) is 8.88. The summed E-state index contributed by atoms with van der Waals surface area (Å²) in [6.07, 6.45) is 3.37. The summed E-state index contributed by atoms with van der Waals surface area (Å²) < 4.78 is 20.2. The molecule has 0 bridgehead atoms. The van der Waals surface area contributed by atoms with Gasteiger partial charge in [-0.25, -0.2) is 14.4 Å². The van der Waals surface area contributed by atoms with Crippen molar-refractivity contribution in [3.63, 3.8) is 0 Å². The number of amides is 1. The Morgan fingerprint density at radius 2 is 1.90 bits per heavy atom. The van der Waals surface area contributed by atoms with Gasteiger partial charge in [-0.2, -0.15) is 0 Å². The van der Waals surface area contributed by atoms with Crippen molar-refractivity contribution in [1.29, 1.82) is 0 Å². The Bertz CT molecular complexity index is 1170. The molecule has 4 rings (SSSR count). The van der Waals surface area contributed by atoms with E-state index in [9.17, 15) is 9.18 Å². The van der Waals surface area contributed by atoms with Gasteiger partial charge in [0.1, 0.15) is 17.3 Å². The van der Waals surface area contributed by atoms with E-state index in [2.05, 4.69) is 15.3 Å². The van der Waals surface area contributed by atoms with Crippen LogP contribution in [0.15, 0.2) is 65.3 Å². The van der Waals surface area contributed by atoms with Crippen LogP contribution in [0.1, 0.15) is 10.5 Å². The van der Waals surface area contributed by atoms with E-state index < -0.39 is 0 Å². The predicted octanol–water partition coefficient (Wildman–Crippen LogP) is 5.12. The summed E-state index contributed by atoms with van der Waals surface area (Å²) >= 11 is 2.73. The number of thiazole rings is 1. The fraction of sp³-hybridized carbons (Fsp3) is 0.0952. The van der Waals surface area contributed by atoms with E-state index in [1.165, 1.54) is 41.4 Å². The van der Waals surface area contributed by atoms with Crippen LogP contribution in [-0.4, -0.2) is 33.8 Å². The molecule has 0 unspecified atom stereocenters. The Kier molecular flexibility index (Phi) is 5.82. The van der Waals surface area contributed by atoms with Crippen LogP contribution in [0.5, 0.6) is 5.75 Å². The number of hydrogen-bond donors (Lipinski definition) is 1. The average Bonchev–Trinajstić information content (AvgIpc) is 3.41. The molecule has 9 heteroatoms. The van der Waals surface area contributed by atoms with E-state index in [1.807, 2.05) is 35.9 Å². The Balaban J connectivity index is 1.58. The van der Waals surface area contributed by atoms with Crippen molar-refractivity contribution < 1.29 is 13.9 Å². The van der Waals surface area contributed by atoms with Gasteiger partial charge in [0.15, 0.2) is 10.3 Å². The maximum Gasteiger partial charge on any atom is 0.276 e. The summed E-state index contributed by atoms with van der Waals surface area (Å²) in [5.74, 6) is 0.0772. The average molecular weight is 441 g/mol. The molecule has 1 N–H and O–H groups in total. The highest BCUT2D eigenvalue weighted by atomic mass is 32.2. The second kappa shape index (κ2) is 8.68. The number of aromatic nitrogens is 3. The second-order valence-electron chi connectivity index (χ2n) is 6.16. The van der Waals surface area contributed by atoms with Crippen molar-refractivity contribution in [1.82, 2.24) is 14.5 Å². The van der Waals surface area contributed by atoms with Crippen molar-refractivity contribution in [2.24, 2.45) is 0 Å². The zero-order valence-electron chi connectivity index (χ0n) is 16.1. The van der Waals surface area contributed by atoms with E-state index in [0.29, 0.717) is 21.7 Å². The molecule has 0 spiro atoms. The number of hydrogen-bond acceptors (Lipinski definition) is 6. The predicted molar refractivity (Wildman–Crippen MR) is 117 cm³/mol. The van der Waals surface area contributed by atoms with Gasteiger partial charge < -0.3 is 4.74 Å². The zero-order chi connectivity index (χ0) is 21.1. The first-order valence-corrected chi connectivity index (χ1v) is 11.0. The SMILES string of the molecule is COc1ccc(-c2csc(NC(=O)c3cnc(SC)n3-c3ccc(F)cc3)n2)cc1. The lowest BCUT2D eigenvalue weighted by atomic mass is 10.2. The summed E-state index contributed by atoms with van der Waals surface area (Å²) in [6, 6.07) is 13.5. The molecule has 0 aliphatic carbocycles. The number of anilines is 1. The van der Waals surface area contributed by atoms with Crippen LogP contribution in [0.25, 0.3) is 16.9 Å². The minimum Gasteiger partial charge on any atom is -0.497 e. The normalized spacial score (nSPS) is 10.8. The smallest absolute Gasteiger partial charge is 0.276 e. The molecule has 0 fully saturated rings. The summed E-state index contributed by atoms with van der Waals surface area (Å²) in [7, 11) is 1.62. The lowest BCUT2D eigenvalue weighted by Gasteiger charge is -2.10. The van der Waals surface area contributed by atoms with Crippen LogP contribution in [0, 0.1) is 5.82 Å². The molecule has 2 aromatic heterocycles. The maximum absolute atomic E-state index is 13.3. The number of halogens is 1. The standard InChI is InChI=1S/C21H17FN4O2S2/c1-28-16-9-3-13(4-10-16)17-12-30-20(24-17)25-19(27)18-11-23-21(29-2)26(18)15-7-5-14(22)6-8-15/h3-12H,1-2H3,(H,24,25,27). The Hall–Kier alpha value is -3.17. The molecule has 0 saturated heterocycles. The third-order valence-electron chi connectivity index (χ3n) is 4.34. The summed E-state index contributed by atoms with van der Waals surface area (Å²) in [5, 5.41) is 5.81. The number of carbonyl (C=O) groups excluding carboxylic acids is 1. The van der Waals surface area contributed by atoms with E-state index in [1.54, 1.807) is 23.8 Å². The van der Waals surface area contributed by atoms with Crippen molar-refractivity contribution in [3.8, 4) is 22.7 Å². The van der Waals surface area contributed by atoms with Crippen molar-refractivity contribution in [3.05, 3.63) is 71.6 Å². The number of carbonyl (C=O) groups is 1. The first-order chi connectivity index (χ1) is 14.6. The molecule has 6 nitrogen and oxygen atoms in total. The lowest BCUT2D eigenvalue weighted by Crippen LogP contribution is -2.16. The third-order valence-corrected chi connectivity index (χ3v) is 5.75. The largest absolute Gasteiger partial charge is 0.497 e. The Morgan fingerprint density at radius 3 is 2.57 bits per heavy atom. The van der Waals surface area contributed by atoms with E-state index >= 15 is 0 Å². The molecule has 1 amide bonds. The highest BCUT2D eigenvalue weighted by Gasteiger charge is 2.19.